The first-order valence-corrected chi connectivity index (χ1v) is 14.3. The highest BCUT2D eigenvalue weighted by atomic mass is 16.5. The van der Waals surface area contributed by atoms with E-state index in [-0.39, 0.29) is 0 Å². The Bertz CT molecular complexity index is 1770. The van der Waals surface area contributed by atoms with Crippen LogP contribution in [0.1, 0.15) is 11.1 Å². The number of hydrogen-bond acceptors (Lipinski definition) is 6. The maximum atomic E-state index is 5.44. The second kappa shape index (κ2) is 10.1. The van der Waals surface area contributed by atoms with Crippen molar-refractivity contribution in [3.05, 3.63) is 120 Å². The van der Waals surface area contributed by atoms with Crippen LogP contribution in [0.5, 0.6) is 11.5 Å². The van der Waals surface area contributed by atoms with Crippen LogP contribution in [0.3, 0.4) is 0 Å². The predicted octanol–water partition coefficient (Wildman–Crippen LogP) is 6.71. The summed E-state index contributed by atoms with van der Waals surface area (Å²) in [6, 6.07) is 37.1. The van der Waals surface area contributed by atoms with Gasteiger partial charge in [0.15, 0.2) is 0 Å². The third kappa shape index (κ3) is 4.14. The molecule has 6 aromatic rings. The number of benzene rings is 4. The van der Waals surface area contributed by atoms with Gasteiger partial charge in [0.05, 0.1) is 56.7 Å². The minimum atomic E-state index is 0.702. The summed E-state index contributed by atoms with van der Waals surface area (Å²) in [5.41, 5.74) is 8.52. The van der Waals surface area contributed by atoms with Gasteiger partial charge in [-0.1, -0.05) is 36.4 Å². The molecule has 4 aromatic carbocycles. The van der Waals surface area contributed by atoms with E-state index in [4.69, 9.17) is 19.7 Å². The second-order valence-corrected chi connectivity index (χ2v) is 10.8. The Morgan fingerprint density at radius 1 is 0.512 bits per heavy atom. The van der Waals surface area contributed by atoms with E-state index >= 15 is 0 Å². The van der Waals surface area contributed by atoms with Crippen molar-refractivity contribution in [1.29, 1.82) is 0 Å². The van der Waals surface area contributed by atoms with E-state index in [1.165, 1.54) is 11.1 Å². The van der Waals surface area contributed by atoms with E-state index in [1.54, 1.807) is 14.2 Å². The first-order valence-electron chi connectivity index (χ1n) is 14.3. The summed E-state index contributed by atoms with van der Waals surface area (Å²) in [5.74, 6) is 3.89. The molecule has 2 bridgehead atoms. The minimum Gasteiger partial charge on any atom is -0.497 e. The molecule has 2 aliphatic heterocycles. The molecule has 212 valence electrons. The van der Waals surface area contributed by atoms with Crippen LogP contribution >= 0.6 is 0 Å². The fraction of sp³-hybridized carbons (Fsp3) is 0.143. The highest BCUT2D eigenvalue weighted by Gasteiger charge is 2.39. The Hall–Kier alpha value is -5.50. The molecule has 0 fully saturated rings. The van der Waals surface area contributed by atoms with Crippen LogP contribution in [0.15, 0.2) is 109 Å². The summed E-state index contributed by atoms with van der Waals surface area (Å²) in [7, 11) is 3.38. The number of hydrogen-bond donors (Lipinski definition) is 0. The van der Waals surface area contributed by atoms with Crippen molar-refractivity contribution >= 4 is 11.6 Å². The van der Waals surface area contributed by atoms with Gasteiger partial charge < -0.3 is 19.3 Å². The van der Waals surface area contributed by atoms with E-state index in [2.05, 4.69) is 92.0 Å². The normalized spacial score (nSPS) is 13.4. The number of ether oxygens (including phenoxy) is 2. The molecule has 0 saturated carbocycles. The molecular weight excluding hydrogens is 536 g/mol. The van der Waals surface area contributed by atoms with Crippen LogP contribution < -0.4 is 19.3 Å². The molecular formula is C35H30N6O2. The largest absolute Gasteiger partial charge is 0.497 e. The molecule has 0 saturated heterocycles. The fourth-order valence-corrected chi connectivity index (χ4v) is 6.26. The molecule has 8 heteroatoms. The van der Waals surface area contributed by atoms with E-state index in [1.807, 2.05) is 36.4 Å². The number of rotatable bonds is 6. The number of methoxy groups -OCH3 is 2. The van der Waals surface area contributed by atoms with Crippen molar-refractivity contribution < 1.29 is 9.47 Å². The lowest BCUT2D eigenvalue weighted by molar-refractivity contribution is 0.415. The summed E-state index contributed by atoms with van der Waals surface area (Å²) in [4.78, 5) is 4.86. The van der Waals surface area contributed by atoms with E-state index in [9.17, 15) is 0 Å². The smallest absolute Gasteiger partial charge is 0.139 e. The van der Waals surface area contributed by atoms with E-state index in [0.717, 1.165) is 63.7 Å². The molecule has 43 heavy (non-hydrogen) atoms. The van der Waals surface area contributed by atoms with Crippen molar-refractivity contribution in [2.24, 2.45) is 0 Å². The summed E-state index contributed by atoms with van der Waals surface area (Å²) >= 11 is 0. The number of para-hydroxylation sites is 2. The quantitative estimate of drug-likeness (QED) is 0.223. The lowest BCUT2D eigenvalue weighted by Crippen LogP contribution is -2.47. The molecule has 8 nitrogen and oxygen atoms in total. The molecule has 2 aliphatic rings. The van der Waals surface area contributed by atoms with Crippen molar-refractivity contribution in [2.75, 3.05) is 30.7 Å². The molecule has 0 spiro atoms. The molecule has 0 amide bonds. The number of anilines is 2. The van der Waals surface area contributed by atoms with E-state index in [0.29, 0.717) is 13.1 Å². The maximum Gasteiger partial charge on any atom is 0.139 e. The average Bonchev–Trinajstić information content (AvgIpc) is 3.65. The van der Waals surface area contributed by atoms with Gasteiger partial charge in [0.25, 0.3) is 0 Å². The summed E-state index contributed by atoms with van der Waals surface area (Å²) in [6.07, 6.45) is 0. The zero-order valence-electron chi connectivity index (χ0n) is 24.0. The van der Waals surface area contributed by atoms with Crippen molar-refractivity contribution in [3.63, 3.8) is 0 Å². The molecule has 0 aliphatic carbocycles. The van der Waals surface area contributed by atoms with Crippen LogP contribution in [0, 0.1) is 0 Å². The lowest BCUT2D eigenvalue weighted by atomic mass is 10.0. The average molecular weight is 567 g/mol. The van der Waals surface area contributed by atoms with Crippen LogP contribution in [-0.2, 0) is 13.1 Å². The van der Waals surface area contributed by atoms with Gasteiger partial charge in [-0.3, -0.25) is 0 Å². The molecule has 0 N–H and O–H groups in total. The first kappa shape index (κ1) is 25.2. The molecule has 0 unspecified atom stereocenters. The van der Waals surface area contributed by atoms with Gasteiger partial charge in [-0.05, 0) is 72.8 Å². The molecule has 8 rings (SSSR count). The van der Waals surface area contributed by atoms with Crippen molar-refractivity contribution in [3.8, 4) is 45.4 Å². The third-order valence-corrected chi connectivity index (χ3v) is 8.28. The summed E-state index contributed by atoms with van der Waals surface area (Å²) in [6.45, 7) is 2.14. The summed E-state index contributed by atoms with van der Waals surface area (Å²) in [5, 5.41) is 10.5. The van der Waals surface area contributed by atoms with Gasteiger partial charge in [0.2, 0.25) is 0 Å². The van der Waals surface area contributed by atoms with Crippen LogP contribution in [-0.4, -0.2) is 40.4 Å². The van der Waals surface area contributed by atoms with Gasteiger partial charge in [0, 0.05) is 22.3 Å². The minimum absolute atomic E-state index is 0.702. The molecule has 0 radical (unpaired) electrons. The van der Waals surface area contributed by atoms with Gasteiger partial charge in [0.1, 0.15) is 23.1 Å². The van der Waals surface area contributed by atoms with Gasteiger partial charge in [-0.25, -0.2) is 9.36 Å². The fourth-order valence-electron chi connectivity index (χ4n) is 6.26. The highest BCUT2D eigenvalue weighted by Crippen LogP contribution is 2.46. The van der Waals surface area contributed by atoms with Crippen molar-refractivity contribution in [2.45, 2.75) is 13.1 Å². The van der Waals surface area contributed by atoms with Gasteiger partial charge in [-0.15, -0.1) is 0 Å². The Labute approximate surface area is 249 Å². The van der Waals surface area contributed by atoms with Gasteiger partial charge in [-0.2, -0.15) is 10.2 Å². The SMILES string of the molecule is COc1ccc(-c2nn(-c3ccccc3)c3c2CN2CN3Cc3c(-c4ccc(OC)cc4)nn(-c4ccccc4)c32)cc1. The lowest BCUT2D eigenvalue weighted by Gasteiger charge is -2.43. The van der Waals surface area contributed by atoms with E-state index < -0.39 is 0 Å². The predicted molar refractivity (Wildman–Crippen MR) is 168 cm³/mol. The number of fused-ring (bicyclic) bond motifs is 6. The van der Waals surface area contributed by atoms with Crippen LogP contribution in [0.4, 0.5) is 11.6 Å². The second-order valence-electron chi connectivity index (χ2n) is 10.8. The topological polar surface area (TPSA) is 60.6 Å². The highest BCUT2D eigenvalue weighted by molar-refractivity contribution is 5.79. The standard InChI is InChI=1S/C35H30N6O2/c1-42-28-17-13-24(14-18-28)32-30-21-38-23-39(34(30)40(36-32)26-9-5-3-6-10-26)22-31-33(25-15-19-29(43-2)20-16-25)37-41(35(31)38)27-11-7-4-8-12-27/h3-20H,21-23H2,1-2H3. The van der Waals surface area contributed by atoms with Crippen molar-refractivity contribution in [1.82, 2.24) is 19.6 Å². The monoisotopic (exact) mass is 566 g/mol. The third-order valence-electron chi connectivity index (χ3n) is 8.28. The number of aromatic nitrogens is 4. The molecule has 2 aromatic heterocycles. The zero-order valence-corrected chi connectivity index (χ0v) is 24.0. The van der Waals surface area contributed by atoms with Crippen LogP contribution in [0.25, 0.3) is 33.9 Å². The maximum absolute atomic E-state index is 5.44. The first-order chi connectivity index (χ1) is 21.2. The molecule has 4 heterocycles. The molecule has 0 atom stereocenters. The van der Waals surface area contributed by atoms with Gasteiger partial charge >= 0.3 is 0 Å². The zero-order chi connectivity index (χ0) is 28.9. The summed E-state index contributed by atoms with van der Waals surface area (Å²) < 4.78 is 15.1. The Balaban J connectivity index is 1.31. The Morgan fingerprint density at radius 3 is 1.28 bits per heavy atom. The van der Waals surface area contributed by atoms with Crippen LogP contribution in [0.2, 0.25) is 0 Å². The Kier molecular flexibility index (Phi) is 5.92. The Morgan fingerprint density at radius 2 is 0.907 bits per heavy atom. The number of nitrogens with zero attached hydrogens (tertiary/aromatic N) is 6.